The third-order valence-corrected chi connectivity index (χ3v) is 6.88. The number of hydrogen-bond donors (Lipinski definition) is 2. The maximum absolute atomic E-state index is 11.7. The minimum absolute atomic E-state index is 0. The van der Waals surface area contributed by atoms with Crippen molar-refractivity contribution in [2.24, 2.45) is 22.1 Å². The van der Waals surface area contributed by atoms with Crippen LogP contribution in [0.5, 0.6) is 0 Å². The Morgan fingerprint density at radius 1 is 1.33 bits per heavy atom. The van der Waals surface area contributed by atoms with Crippen LogP contribution in [0.2, 0.25) is 0 Å². The third-order valence-electron chi connectivity index (χ3n) is 6.88. The predicted molar refractivity (Wildman–Crippen MR) is 131 cm³/mol. The van der Waals surface area contributed by atoms with E-state index in [0.29, 0.717) is 18.5 Å². The second-order valence-corrected chi connectivity index (χ2v) is 8.87. The van der Waals surface area contributed by atoms with E-state index >= 15 is 0 Å². The summed E-state index contributed by atoms with van der Waals surface area (Å²) in [5, 5.41) is 3.48. The number of carbonyl (C=O) groups excluding carboxylic acids is 1. The molecule has 8 heteroatoms. The van der Waals surface area contributed by atoms with Crippen LogP contribution in [-0.4, -0.2) is 54.5 Å². The molecule has 4 rings (SSSR count). The summed E-state index contributed by atoms with van der Waals surface area (Å²) in [5.74, 6) is 1.65. The number of likely N-dealkylation sites (tertiary alicyclic amines) is 1. The van der Waals surface area contributed by atoms with Gasteiger partial charge in [-0.25, -0.2) is 9.98 Å². The van der Waals surface area contributed by atoms with Crippen LogP contribution in [0.3, 0.4) is 0 Å². The first-order valence-electron chi connectivity index (χ1n) is 11.1. The van der Waals surface area contributed by atoms with E-state index in [1.807, 2.05) is 12.3 Å². The van der Waals surface area contributed by atoms with E-state index < -0.39 is 0 Å². The first kappa shape index (κ1) is 23.1. The van der Waals surface area contributed by atoms with Gasteiger partial charge in [-0.1, -0.05) is 12.5 Å². The zero-order valence-corrected chi connectivity index (χ0v) is 20.3. The molecular formula is C22H35IN6O. The fourth-order valence-electron chi connectivity index (χ4n) is 5.03. The number of halogens is 1. The molecule has 1 atom stereocenters. The highest BCUT2D eigenvalue weighted by molar-refractivity contribution is 14.0. The van der Waals surface area contributed by atoms with E-state index in [1.165, 1.54) is 25.7 Å². The van der Waals surface area contributed by atoms with Crippen LogP contribution < -0.4 is 16.0 Å². The Labute approximate surface area is 196 Å². The molecule has 1 aliphatic carbocycles. The average Bonchev–Trinajstić information content (AvgIpc) is 3.18. The highest BCUT2D eigenvalue weighted by atomic mass is 127. The molecule has 0 aromatic carbocycles. The number of pyridine rings is 1. The molecule has 0 bridgehead atoms. The highest BCUT2D eigenvalue weighted by Crippen LogP contribution is 2.47. The van der Waals surface area contributed by atoms with E-state index in [4.69, 9.17) is 10.7 Å². The topological polar surface area (TPSA) is 86.9 Å². The van der Waals surface area contributed by atoms with Gasteiger partial charge in [-0.15, -0.1) is 24.0 Å². The summed E-state index contributed by atoms with van der Waals surface area (Å²) < 4.78 is 0. The number of rotatable bonds is 5. The molecular weight excluding hydrogens is 491 g/mol. The number of primary amides is 1. The number of aliphatic imine (C=N–C) groups is 1. The minimum atomic E-state index is -0.210. The lowest BCUT2D eigenvalue weighted by Gasteiger charge is -2.38. The molecule has 3 aliphatic rings. The molecule has 3 heterocycles. The van der Waals surface area contributed by atoms with Gasteiger partial charge in [0, 0.05) is 44.5 Å². The zero-order valence-electron chi connectivity index (χ0n) is 18.0. The number of nitrogens with two attached hydrogens (primary N) is 1. The largest absolute Gasteiger partial charge is 0.369 e. The molecule has 1 spiro atoms. The lowest BCUT2D eigenvalue weighted by atomic mass is 9.68. The van der Waals surface area contributed by atoms with Gasteiger partial charge in [0.15, 0.2) is 5.96 Å². The maximum atomic E-state index is 11.7. The van der Waals surface area contributed by atoms with Crippen molar-refractivity contribution in [2.45, 2.75) is 52.0 Å². The molecule has 3 N–H and O–H groups in total. The molecule has 166 valence electrons. The monoisotopic (exact) mass is 526 g/mol. The van der Waals surface area contributed by atoms with Gasteiger partial charge in [-0.05, 0) is 50.5 Å². The van der Waals surface area contributed by atoms with Gasteiger partial charge >= 0.3 is 0 Å². The van der Waals surface area contributed by atoms with Gasteiger partial charge < -0.3 is 20.9 Å². The molecule has 3 fully saturated rings. The molecule has 0 radical (unpaired) electrons. The Balaban J connectivity index is 0.00000256. The molecule has 1 aromatic rings. The number of amides is 1. The summed E-state index contributed by atoms with van der Waals surface area (Å²) in [6, 6.07) is 4.07. The van der Waals surface area contributed by atoms with Crippen molar-refractivity contribution in [1.82, 2.24) is 15.2 Å². The Kier molecular flexibility index (Phi) is 7.81. The number of carbonyl (C=O) groups is 1. The Morgan fingerprint density at radius 3 is 2.83 bits per heavy atom. The van der Waals surface area contributed by atoms with E-state index in [-0.39, 0.29) is 35.8 Å². The van der Waals surface area contributed by atoms with Gasteiger partial charge in [-0.2, -0.15) is 0 Å². The fraction of sp³-hybridized carbons (Fsp3) is 0.682. The van der Waals surface area contributed by atoms with Crippen LogP contribution in [0.25, 0.3) is 0 Å². The smallest absolute Gasteiger partial charge is 0.222 e. The highest BCUT2D eigenvalue weighted by Gasteiger charge is 2.43. The third kappa shape index (κ3) is 5.00. The Morgan fingerprint density at radius 2 is 2.17 bits per heavy atom. The summed E-state index contributed by atoms with van der Waals surface area (Å²) in [4.78, 5) is 25.9. The van der Waals surface area contributed by atoms with Crippen molar-refractivity contribution in [3.8, 4) is 0 Å². The molecule has 1 amide bonds. The van der Waals surface area contributed by atoms with Crippen LogP contribution in [0, 0.1) is 11.3 Å². The van der Waals surface area contributed by atoms with Gasteiger partial charge in [0.25, 0.3) is 0 Å². The first-order valence-corrected chi connectivity index (χ1v) is 11.1. The van der Waals surface area contributed by atoms with Gasteiger partial charge in [0.05, 0.1) is 12.5 Å². The number of nitrogens with zero attached hydrogens (tertiary/aromatic N) is 4. The first-order chi connectivity index (χ1) is 14.1. The van der Waals surface area contributed by atoms with Gasteiger partial charge in [-0.3, -0.25) is 4.79 Å². The molecule has 30 heavy (non-hydrogen) atoms. The standard InChI is InChI=1S/C22H34N6O.HI/c1-2-24-21(28-13-10-22(16-28)8-5-9-22)26-14-17-6-3-11-25-20(17)27-12-4-7-18(15-27)19(23)29;/h3,6,11,18H,2,4-5,7-10,12-16H2,1H3,(H2,23,29)(H,24,26);1H. The second kappa shape index (κ2) is 10.2. The quantitative estimate of drug-likeness (QED) is 0.350. The maximum Gasteiger partial charge on any atom is 0.222 e. The summed E-state index contributed by atoms with van der Waals surface area (Å²) in [5.41, 5.74) is 7.21. The Bertz CT molecular complexity index is 766. The number of hydrogen-bond acceptors (Lipinski definition) is 4. The predicted octanol–water partition coefficient (Wildman–Crippen LogP) is 2.74. The number of nitrogens with one attached hydrogen (secondary N) is 1. The molecule has 1 saturated carbocycles. The number of piperidine rings is 1. The summed E-state index contributed by atoms with van der Waals surface area (Å²) in [6.45, 7) is 7.37. The van der Waals surface area contributed by atoms with Crippen molar-refractivity contribution in [2.75, 3.05) is 37.6 Å². The fourth-order valence-corrected chi connectivity index (χ4v) is 5.03. The van der Waals surface area contributed by atoms with E-state index in [9.17, 15) is 4.79 Å². The number of anilines is 1. The van der Waals surface area contributed by atoms with Crippen LogP contribution in [0.4, 0.5) is 5.82 Å². The van der Waals surface area contributed by atoms with E-state index in [2.05, 4.69) is 33.1 Å². The SMILES string of the molecule is CCNC(=NCc1cccnc1N1CCCC(C(N)=O)C1)N1CCC2(CCC2)C1.I. The lowest BCUT2D eigenvalue weighted by molar-refractivity contribution is -0.122. The lowest BCUT2D eigenvalue weighted by Crippen LogP contribution is -2.43. The van der Waals surface area contributed by atoms with Crippen molar-refractivity contribution in [3.05, 3.63) is 23.9 Å². The van der Waals surface area contributed by atoms with E-state index in [0.717, 1.165) is 56.4 Å². The zero-order chi connectivity index (χ0) is 20.3. The van der Waals surface area contributed by atoms with Crippen LogP contribution in [0.1, 0.15) is 51.0 Å². The van der Waals surface area contributed by atoms with Crippen molar-refractivity contribution < 1.29 is 4.79 Å². The molecule has 1 aromatic heterocycles. The molecule has 2 saturated heterocycles. The molecule has 7 nitrogen and oxygen atoms in total. The average molecular weight is 526 g/mol. The minimum Gasteiger partial charge on any atom is -0.369 e. The summed E-state index contributed by atoms with van der Waals surface area (Å²) in [7, 11) is 0. The summed E-state index contributed by atoms with van der Waals surface area (Å²) in [6.07, 6.45) is 9.05. The number of aromatic nitrogens is 1. The van der Waals surface area contributed by atoms with Crippen LogP contribution >= 0.6 is 24.0 Å². The van der Waals surface area contributed by atoms with Crippen LogP contribution in [-0.2, 0) is 11.3 Å². The van der Waals surface area contributed by atoms with Crippen molar-refractivity contribution in [3.63, 3.8) is 0 Å². The number of guanidine groups is 1. The normalized spacial score (nSPS) is 23.1. The second-order valence-electron chi connectivity index (χ2n) is 8.87. The molecule has 2 aliphatic heterocycles. The Hall–Kier alpha value is -1.58. The van der Waals surface area contributed by atoms with Crippen molar-refractivity contribution in [1.29, 1.82) is 0 Å². The van der Waals surface area contributed by atoms with Crippen molar-refractivity contribution >= 4 is 41.7 Å². The molecule has 1 unspecified atom stereocenters. The van der Waals surface area contributed by atoms with Gasteiger partial charge in [0.2, 0.25) is 5.91 Å². The summed E-state index contributed by atoms with van der Waals surface area (Å²) >= 11 is 0. The van der Waals surface area contributed by atoms with Gasteiger partial charge in [0.1, 0.15) is 5.82 Å². The van der Waals surface area contributed by atoms with E-state index in [1.54, 1.807) is 0 Å². The van der Waals surface area contributed by atoms with Crippen LogP contribution in [0.15, 0.2) is 23.3 Å².